The van der Waals surface area contributed by atoms with Gasteiger partial charge in [0, 0.05) is 0 Å². The highest BCUT2D eigenvalue weighted by molar-refractivity contribution is 7.90. The molecule has 0 spiro atoms. The van der Waals surface area contributed by atoms with E-state index in [9.17, 15) is 4.21 Å². The zero-order valence-corrected chi connectivity index (χ0v) is 8.23. The van der Waals surface area contributed by atoms with Crippen molar-refractivity contribution in [3.63, 3.8) is 0 Å². The number of benzene rings is 1. The molecule has 1 rings (SSSR count). The minimum absolute atomic E-state index is 0.358. The molecule has 5 heteroatoms. The Balaban J connectivity index is 2.83. The van der Waals surface area contributed by atoms with E-state index in [0.717, 1.165) is 0 Å². The molecule has 72 valence electrons. The predicted octanol–water partition coefficient (Wildman–Crippen LogP) is 0.774. The van der Waals surface area contributed by atoms with E-state index >= 15 is 0 Å². The molecule has 0 saturated heterocycles. The number of hydrogen-bond acceptors (Lipinski definition) is 3. The summed E-state index contributed by atoms with van der Waals surface area (Å²) in [5.41, 5.74) is 0. The van der Waals surface area contributed by atoms with E-state index in [1.807, 2.05) is 6.07 Å². The minimum Gasteiger partial charge on any atom is -0.307 e. The third-order valence-corrected chi connectivity index (χ3v) is 3.01. The van der Waals surface area contributed by atoms with Crippen molar-refractivity contribution >= 4 is 9.92 Å². The van der Waals surface area contributed by atoms with E-state index in [2.05, 4.69) is 10.0 Å². The molecule has 1 atom stereocenters. The van der Waals surface area contributed by atoms with Gasteiger partial charge in [0.15, 0.2) is 0 Å². The van der Waals surface area contributed by atoms with Gasteiger partial charge in [0.1, 0.15) is 9.92 Å². The molecule has 0 fully saturated rings. The van der Waals surface area contributed by atoms with Gasteiger partial charge in [-0.15, -0.1) is 0 Å². The fourth-order valence-electron chi connectivity index (χ4n) is 0.869. The lowest BCUT2D eigenvalue weighted by Crippen LogP contribution is -2.30. The average molecular weight is 199 g/mol. The fourth-order valence-corrected chi connectivity index (χ4v) is 1.92. The van der Waals surface area contributed by atoms with Gasteiger partial charge in [-0.2, -0.15) is 0 Å². The van der Waals surface area contributed by atoms with Crippen LogP contribution in [-0.2, 0) is 9.92 Å². The number of rotatable bonds is 4. The van der Waals surface area contributed by atoms with Gasteiger partial charge in [-0.3, -0.25) is 0 Å². The molecule has 1 unspecified atom stereocenters. The van der Waals surface area contributed by atoms with E-state index in [4.69, 9.17) is 4.78 Å². The van der Waals surface area contributed by atoms with Gasteiger partial charge in [0.25, 0.3) is 0 Å². The predicted molar refractivity (Wildman–Crippen MR) is 52.6 cm³/mol. The number of nitrogens with one attached hydrogen (secondary N) is 3. The van der Waals surface area contributed by atoms with Gasteiger partial charge in [-0.25, -0.2) is 13.7 Å². The van der Waals surface area contributed by atoms with Crippen molar-refractivity contribution in [2.24, 2.45) is 0 Å². The maximum atomic E-state index is 11.7. The standard InChI is InChI=1S/C8H13N3OS/c1-10-7-11-13(9,12)8-5-3-2-4-6-8/h2-6,10H,7H2,1H3,(H2,9,11,12). The van der Waals surface area contributed by atoms with Crippen LogP contribution in [0.15, 0.2) is 35.2 Å². The van der Waals surface area contributed by atoms with Crippen molar-refractivity contribution < 1.29 is 4.21 Å². The first kappa shape index (κ1) is 10.2. The second-order valence-corrected chi connectivity index (χ2v) is 4.42. The van der Waals surface area contributed by atoms with E-state index < -0.39 is 9.92 Å². The lowest BCUT2D eigenvalue weighted by Gasteiger charge is -2.08. The summed E-state index contributed by atoms with van der Waals surface area (Å²) in [6.07, 6.45) is 0. The van der Waals surface area contributed by atoms with Crippen molar-refractivity contribution in [3.05, 3.63) is 30.3 Å². The molecule has 0 radical (unpaired) electrons. The molecule has 0 bridgehead atoms. The van der Waals surface area contributed by atoms with Crippen LogP contribution in [0.2, 0.25) is 0 Å². The topological polar surface area (TPSA) is 65.0 Å². The molecule has 0 aliphatic heterocycles. The molecule has 0 aromatic heterocycles. The molecule has 13 heavy (non-hydrogen) atoms. The molecule has 0 heterocycles. The SMILES string of the molecule is CNCNS(=N)(=O)c1ccccc1. The Bertz CT molecular complexity index is 347. The van der Waals surface area contributed by atoms with Crippen LogP contribution in [0.3, 0.4) is 0 Å². The largest absolute Gasteiger partial charge is 0.307 e. The van der Waals surface area contributed by atoms with Crippen LogP contribution < -0.4 is 10.0 Å². The molecule has 0 amide bonds. The third-order valence-electron chi connectivity index (χ3n) is 1.53. The van der Waals surface area contributed by atoms with Crippen molar-refractivity contribution in [2.75, 3.05) is 13.7 Å². The summed E-state index contributed by atoms with van der Waals surface area (Å²) in [6.45, 7) is 0.358. The summed E-state index contributed by atoms with van der Waals surface area (Å²) in [6, 6.07) is 8.72. The van der Waals surface area contributed by atoms with Crippen molar-refractivity contribution in [1.29, 1.82) is 4.78 Å². The van der Waals surface area contributed by atoms with Gasteiger partial charge in [0.2, 0.25) is 0 Å². The Hall–Kier alpha value is -0.910. The Labute approximate surface area is 78.5 Å². The quantitative estimate of drug-likeness (QED) is 0.627. The summed E-state index contributed by atoms with van der Waals surface area (Å²) in [7, 11) is -1.11. The monoisotopic (exact) mass is 199 g/mol. The molecular formula is C8H13N3OS. The Morgan fingerprint density at radius 3 is 2.54 bits per heavy atom. The normalized spacial score (nSPS) is 15.2. The summed E-state index contributed by atoms with van der Waals surface area (Å²) in [4.78, 5) is 0.505. The molecule has 1 aromatic rings. The zero-order valence-electron chi connectivity index (χ0n) is 7.41. The van der Waals surface area contributed by atoms with Crippen LogP contribution in [0, 0.1) is 4.78 Å². The second kappa shape index (κ2) is 4.36. The first-order chi connectivity index (χ1) is 6.17. The highest BCUT2D eigenvalue weighted by Crippen LogP contribution is 2.06. The Morgan fingerprint density at radius 2 is 2.00 bits per heavy atom. The molecule has 0 aliphatic rings. The van der Waals surface area contributed by atoms with Gasteiger partial charge in [0.05, 0.1) is 11.6 Å². The maximum absolute atomic E-state index is 11.7. The zero-order chi connectivity index (χ0) is 9.73. The van der Waals surface area contributed by atoms with Gasteiger partial charge < -0.3 is 5.32 Å². The summed E-state index contributed by atoms with van der Waals surface area (Å²) < 4.78 is 21.8. The molecular weight excluding hydrogens is 186 g/mol. The van der Waals surface area contributed by atoms with Crippen LogP contribution in [0.25, 0.3) is 0 Å². The summed E-state index contributed by atoms with van der Waals surface area (Å²) >= 11 is 0. The van der Waals surface area contributed by atoms with Crippen LogP contribution in [0.5, 0.6) is 0 Å². The van der Waals surface area contributed by atoms with Crippen molar-refractivity contribution in [3.8, 4) is 0 Å². The van der Waals surface area contributed by atoms with Crippen LogP contribution in [0.1, 0.15) is 0 Å². The minimum atomic E-state index is -2.83. The van der Waals surface area contributed by atoms with E-state index in [1.165, 1.54) is 0 Å². The molecule has 3 N–H and O–H groups in total. The Kier molecular flexibility index (Phi) is 3.41. The van der Waals surface area contributed by atoms with Crippen LogP contribution >= 0.6 is 0 Å². The maximum Gasteiger partial charge on any atom is 0.135 e. The number of hydrogen-bond donors (Lipinski definition) is 3. The van der Waals surface area contributed by atoms with E-state index in [0.29, 0.717) is 11.6 Å². The highest BCUT2D eigenvalue weighted by Gasteiger charge is 2.06. The first-order valence-electron chi connectivity index (χ1n) is 3.90. The molecule has 0 saturated carbocycles. The fraction of sp³-hybridized carbons (Fsp3) is 0.250. The summed E-state index contributed by atoms with van der Waals surface area (Å²) in [5, 5.41) is 2.78. The van der Waals surface area contributed by atoms with E-state index in [1.54, 1.807) is 31.3 Å². The Morgan fingerprint density at radius 1 is 1.38 bits per heavy atom. The molecule has 1 aromatic carbocycles. The first-order valence-corrected chi connectivity index (χ1v) is 5.45. The van der Waals surface area contributed by atoms with E-state index in [-0.39, 0.29) is 0 Å². The highest BCUT2D eigenvalue weighted by atomic mass is 32.2. The van der Waals surface area contributed by atoms with Gasteiger partial charge >= 0.3 is 0 Å². The third kappa shape index (κ3) is 2.80. The van der Waals surface area contributed by atoms with Crippen LogP contribution in [-0.4, -0.2) is 17.9 Å². The lowest BCUT2D eigenvalue weighted by molar-refractivity contribution is 0.654. The molecule has 4 nitrogen and oxygen atoms in total. The summed E-state index contributed by atoms with van der Waals surface area (Å²) in [5.74, 6) is 0. The molecule has 0 aliphatic carbocycles. The van der Waals surface area contributed by atoms with Crippen molar-refractivity contribution in [1.82, 2.24) is 10.0 Å². The smallest absolute Gasteiger partial charge is 0.135 e. The second-order valence-electron chi connectivity index (χ2n) is 2.54. The van der Waals surface area contributed by atoms with Crippen molar-refractivity contribution in [2.45, 2.75) is 4.90 Å². The lowest BCUT2D eigenvalue weighted by atomic mass is 10.4. The van der Waals surface area contributed by atoms with Gasteiger partial charge in [-0.1, -0.05) is 18.2 Å². The van der Waals surface area contributed by atoms with Crippen LogP contribution in [0.4, 0.5) is 0 Å². The van der Waals surface area contributed by atoms with Gasteiger partial charge in [-0.05, 0) is 19.2 Å². The average Bonchev–Trinajstić information content (AvgIpc) is 2.16.